The van der Waals surface area contributed by atoms with Gasteiger partial charge in [-0.25, -0.2) is 9.78 Å². The van der Waals surface area contributed by atoms with Gasteiger partial charge in [0.15, 0.2) is 5.69 Å². The Morgan fingerprint density at radius 1 is 1.11 bits per heavy atom. The van der Waals surface area contributed by atoms with Gasteiger partial charge in [-0.3, -0.25) is 0 Å². The van der Waals surface area contributed by atoms with Crippen LogP contribution in [0.1, 0.15) is 33.0 Å². The molecule has 0 aliphatic carbocycles. The van der Waals surface area contributed by atoms with Crippen molar-refractivity contribution >= 4 is 5.97 Å². The van der Waals surface area contributed by atoms with E-state index in [0.29, 0.717) is 11.5 Å². The van der Waals surface area contributed by atoms with E-state index in [1.165, 1.54) is 5.56 Å². The third kappa shape index (κ3) is 2.14. The Morgan fingerprint density at radius 3 is 2.26 bits per heavy atom. The van der Waals surface area contributed by atoms with Gasteiger partial charge in [0.05, 0.1) is 5.69 Å². The lowest BCUT2D eigenvalue weighted by Gasteiger charge is -2.11. The first-order valence-electron chi connectivity index (χ1n) is 6.17. The fourth-order valence-electron chi connectivity index (χ4n) is 2.28. The van der Waals surface area contributed by atoms with Crippen LogP contribution in [0.25, 0.3) is 11.3 Å². The number of carboxylic acids is 1. The summed E-state index contributed by atoms with van der Waals surface area (Å²) >= 11 is 0. The van der Waals surface area contributed by atoms with Crippen molar-refractivity contribution in [1.29, 1.82) is 0 Å². The topological polar surface area (TPSA) is 55.1 Å². The van der Waals surface area contributed by atoms with Crippen LogP contribution in [0.4, 0.5) is 0 Å². The van der Waals surface area contributed by atoms with Crippen LogP contribution in [0.15, 0.2) is 12.1 Å². The average molecular weight is 258 g/mol. The molecule has 1 aromatic heterocycles. The first-order valence-corrected chi connectivity index (χ1v) is 6.17. The highest BCUT2D eigenvalue weighted by Crippen LogP contribution is 2.29. The summed E-state index contributed by atoms with van der Waals surface area (Å²) in [5.74, 6) is -0.290. The van der Waals surface area contributed by atoms with Gasteiger partial charge in [0, 0.05) is 12.6 Å². The molecule has 4 heteroatoms. The Labute approximate surface area is 112 Å². The van der Waals surface area contributed by atoms with Crippen LogP contribution in [0.3, 0.4) is 0 Å². The number of imidazole rings is 1. The van der Waals surface area contributed by atoms with Crippen molar-refractivity contribution in [1.82, 2.24) is 9.55 Å². The molecule has 100 valence electrons. The molecular weight excluding hydrogens is 240 g/mol. The molecule has 0 fully saturated rings. The quantitative estimate of drug-likeness (QED) is 0.900. The van der Waals surface area contributed by atoms with Crippen LogP contribution < -0.4 is 0 Å². The number of aromatic nitrogens is 2. The average Bonchev–Trinajstić information content (AvgIpc) is 2.61. The van der Waals surface area contributed by atoms with E-state index in [9.17, 15) is 9.90 Å². The third-order valence-corrected chi connectivity index (χ3v) is 3.62. The van der Waals surface area contributed by atoms with Gasteiger partial charge in [0.25, 0.3) is 0 Å². The van der Waals surface area contributed by atoms with Gasteiger partial charge in [-0.05, 0) is 50.5 Å². The summed E-state index contributed by atoms with van der Waals surface area (Å²) in [6.07, 6.45) is 0. The number of carboxylic acid groups (broad SMARTS) is 1. The monoisotopic (exact) mass is 258 g/mol. The number of hydrogen-bond acceptors (Lipinski definition) is 2. The van der Waals surface area contributed by atoms with Gasteiger partial charge < -0.3 is 9.67 Å². The maximum Gasteiger partial charge on any atom is 0.356 e. The Hall–Kier alpha value is -2.10. The van der Waals surface area contributed by atoms with Gasteiger partial charge >= 0.3 is 5.97 Å². The first-order chi connectivity index (χ1) is 8.82. The van der Waals surface area contributed by atoms with Gasteiger partial charge in [-0.1, -0.05) is 6.07 Å². The lowest BCUT2D eigenvalue weighted by Crippen LogP contribution is -2.03. The van der Waals surface area contributed by atoms with E-state index >= 15 is 0 Å². The number of aromatic carboxylic acids is 1. The van der Waals surface area contributed by atoms with Gasteiger partial charge in [0.1, 0.15) is 5.82 Å². The van der Waals surface area contributed by atoms with Crippen LogP contribution in [-0.2, 0) is 7.05 Å². The summed E-state index contributed by atoms with van der Waals surface area (Å²) in [4.78, 5) is 15.5. The molecule has 2 rings (SSSR count). The lowest BCUT2D eigenvalue weighted by molar-refractivity contribution is 0.0692. The minimum Gasteiger partial charge on any atom is -0.476 e. The molecule has 1 heterocycles. The second-order valence-electron chi connectivity index (χ2n) is 4.97. The minimum atomic E-state index is -0.990. The maximum absolute atomic E-state index is 11.3. The molecule has 1 aromatic carbocycles. The molecular formula is C15H18N2O2. The molecule has 0 atom stereocenters. The lowest BCUT2D eigenvalue weighted by atomic mass is 9.97. The number of rotatable bonds is 2. The minimum absolute atomic E-state index is 0.117. The highest BCUT2D eigenvalue weighted by Gasteiger charge is 2.21. The van der Waals surface area contributed by atoms with Crippen molar-refractivity contribution in [2.24, 2.45) is 7.05 Å². The Bertz CT molecular complexity index is 669. The fourth-order valence-corrected chi connectivity index (χ4v) is 2.28. The molecule has 4 nitrogen and oxygen atoms in total. The van der Waals surface area contributed by atoms with E-state index in [1.54, 1.807) is 0 Å². The summed E-state index contributed by atoms with van der Waals surface area (Å²) in [5, 5.41) is 9.30. The molecule has 0 radical (unpaired) electrons. The van der Waals surface area contributed by atoms with Crippen molar-refractivity contribution in [3.63, 3.8) is 0 Å². The van der Waals surface area contributed by atoms with Gasteiger partial charge in [-0.15, -0.1) is 0 Å². The molecule has 0 spiro atoms. The predicted molar refractivity (Wildman–Crippen MR) is 74.6 cm³/mol. The number of aryl methyl sites for hydroxylation is 4. The summed E-state index contributed by atoms with van der Waals surface area (Å²) in [6, 6.07) is 4.12. The van der Waals surface area contributed by atoms with Crippen LogP contribution in [0.2, 0.25) is 0 Å². The number of carbonyl (C=O) groups is 1. The highest BCUT2D eigenvalue weighted by atomic mass is 16.4. The molecule has 0 saturated heterocycles. The standard InChI is InChI=1S/C15H18N2O2/c1-8-6-10(3)12(7-9(8)2)14-13(15(18)19)16-11(4)17(14)5/h6-7H,1-5H3,(H,18,19). The number of benzene rings is 1. The highest BCUT2D eigenvalue weighted by molar-refractivity contribution is 5.93. The molecule has 0 aliphatic rings. The van der Waals surface area contributed by atoms with Crippen molar-refractivity contribution < 1.29 is 9.90 Å². The Kier molecular flexibility index (Phi) is 3.18. The summed E-state index contributed by atoms with van der Waals surface area (Å²) in [5.41, 5.74) is 5.14. The van der Waals surface area contributed by atoms with Crippen molar-refractivity contribution in [3.05, 3.63) is 40.3 Å². The predicted octanol–water partition coefficient (Wildman–Crippen LogP) is 3.02. The molecule has 2 aromatic rings. The van der Waals surface area contributed by atoms with Crippen LogP contribution in [0, 0.1) is 27.7 Å². The van der Waals surface area contributed by atoms with Crippen molar-refractivity contribution in [2.45, 2.75) is 27.7 Å². The van der Waals surface area contributed by atoms with E-state index < -0.39 is 5.97 Å². The third-order valence-electron chi connectivity index (χ3n) is 3.62. The van der Waals surface area contributed by atoms with Gasteiger partial charge in [0.2, 0.25) is 0 Å². The number of hydrogen-bond donors (Lipinski definition) is 1. The Balaban J connectivity index is 2.78. The molecule has 0 unspecified atom stereocenters. The molecule has 0 saturated carbocycles. The first kappa shape index (κ1) is 13.3. The zero-order chi connectivity index (χ0) is 14.3. The molecule has 0 bridgehead atoms. The fraction of sp³-hybridized carbons (Fsp3) is 0.333. The summed E-state index contributed by atoms with van der Waals surface area (Å²) in [7, 11) is 1.85. The van der Waals surface area contributed by atoms with E-state index in [2.05, 4.69) is 18.0 Å². The van der Waals surface area contributed by atoms with Crippen molar-refractivity contribution in [2.75, 3.05) is 0 Å². The van der Waals surface area contributed by atoms with E-state index in [0.717, 1.165) is 16.7 Å². The zero-order valence-corrected chi connectivity index (χ0v) is 11.9. The van der Waals surface area contributed by atoms with Crippen LogP contribution in [-0.4, -0.2) is 20.6 Å². The van der Waals surface area contributed by atoms with Crippen LogP contribution in [0.5, 0.6) is 0 Å². The second-order valence-corrected chi connectivity index (χ2v) is 4.97. The molecule has 19 heavy (non-hydrogen) atoms. The zero-order valence-electron chi connectivity index (χ0n) is 11.9. The van der Waals surface area contributed by atoms with Crippen LogP contribution >= 0.6 is 0 Å². The number of nitrogens with zero attached hydrogens (tertiary/aromatic N) is 2. The van der Waals surface area contributed by atoms with Gasteiger partial charge in [-0.2, -0.15) is 0 Å². The SMILES string of the molecule is Cc1cc(C)c(-c2c(C(=O)O)nc(C)n2C)cc1C. The van der Waals surface area contributed by atoms with E-state index in [4.69, 9.17) is 0 Å². The molecule has 0 amide bonds. The van der Waals surface area contributed by atoms with E-state index in [1.807, 2.05) is 38.5 Å². The maximum atomic E-state index is 11.3. The summed E-state index contributed by atoms with van der Waals surface area (Å²) in [6.45, 7) is 7.89. The van der Waals surface area contributed by atoms with Crippen molar-refractivity contribution in [3.8, 4) is 11.3 Å². The molecule has 0 aliphatic heterocycles. The summed E-state index contributed by atoms with van der Waals surface area (Å²) < 4.78 is 1.83. The normalized spacial score (nSPS) is 10.8. The second kappa shape index (κ2) is 4.53. The molecule has 1 N–H and O–H groups in total. The largest absolute Gasteiger partial charge is 0.476 e. The Morgan fingerprint density at radius 2 is 1.68 bits per heavy atom. The van der Waals surface area contributed by atoms with E-state index in [-0.39, 0.29) is 5.69 Å². The smallest absolute Gasteiger partial charge is 0.356 e.